The van der Waals surface area contributed by atoms with E-state index in [1.807, 2.05) is 24.3 Å². The number of hydrogen-bond donors (Lipinski definition) is 2. The Morgan fingerprint density at radius 1 is 1.17 bits per heavy atom. The maximum atomic E-state index is 12.9. The van der Waals surface area contributed by atoms with Crippen LogP contribution in [-0.2, 0) is 4.74 Å². The topological polar surface area (TPSA) is 67.0 Å². The summed E-state index contributed by atoms with van der Waals surface area (Å²) in [5, 5.41) is 5.09. The predicted octanol–water partition coefficient (Wildman–Crippen LogP) is 4.60. The molecule has 0 bridgehead atoms. The van der Waals surface area contributed by atoms with E-state index in [4.69, 9.17) is 9.72 Å². The highest BCUT2D eigenvalue weighted by atomic mass is 16.5. The van der Waals surface area contributed by atoms with Gasteiger partial charge in [-0.15, -0.1) is 0 Å². The van der Waals surface area contributed by atoms with Crippen molar-refractivity contribution in [3.05, 3.63) is 65.9 Å². The minimum Gasteiger partial charge on any atom is -0.376 e. The number of benzene rings is 2. The molecule has 1 saturated heterocycles. The Labute approximate surface area is 169 Å². The zero-order valence-electron chi connectivity index (χ0n) is 16.4. The summed E-state index contributed by atoms with van der Waals surface area (Å²) in [6.07, 6.45) is 2.15. The van der Waals surface area contributed by atoms with Gasteiger partial charge in [0, 0.05) is 35.0 Å². The van der Waals surface area contributed by atoms with Crippen LogP contribution >= 0.6 is 0 Å². The van der Waals surface area contributed by atoms with E-state index < -0.39 is 0 Å². The number of nitrogens with zero attached hydrogens (tertiary/aromatic N) is 1. The number of H-pyrrole nitrogens is 1. The number of ether oxygens (including phenoxy) is 1. The molecule has 5 nitrogen and oxygen atoms in total. The molecule has 2 aromatic heterocycles. The van der Waals surface area contributed by atoms with Gasteiger partial charge in [-0.3, -0.25) is 4.79 Å². The molecule has 2 aromatic carbocycles. The highest BCUT2D eigenvalue weighted by Crippen LogP contribution is 2.32. The largest absolute Gasteiger partial charge is 0.376 e. The standard InChI is InChI=1S/C24H23N3O2/c1-15-8-10-16(11-9-15)22-23-19(18-6-2-3-7-20(18)26-23)13-21(27-22)24(28)25-14-17-5-4-12-29-17/h2-3,6-11,13,17,26H,4-5,12,14H2,1H3,(H,25,28)/t17-/m1/s1. The fourth-order valence-corrected chi connectivity index (χ4v) is 3.98. The van der Waals surface area contributed by atoms with Crippen molar-refractivity contribution in [1.29, 1.82) is 0 Å². The number of rotatable bonds is 4. The molecule has 1 amide bonds. The Balaban J connectivity index is 1.61. The molecule has 4 aromatic rings. The monoisotopic (exact) mass is 385 g/mol. The van der Waals surface area contributed by atoms with Gasteiger partial charge in [-0.2, -0.15) is 0 Å². The number of nitrogens with one attached hydrogen (secondary N) is 2. The normalized spacial score (nSPS) is 16.5. The SMILES string of the molecule is Cc1ccc(-c2nc(C(=O)NC[C@H]3CCCO3)cc3c2[nH]c2ccccc23)cc1. The second-order valence-corrected chi connectivity index (χ2v) is 7.66. The van der Waals surface area contributed by atoms with Crippen molar-refractivity contribution in [2.24, 2.45) is 0 Å². The van der Waals surface area contributed by atoms with Crippen LogP contribution in [-0.4, -0.2) is 35.1 Å². The van der Waals surface area contributed by atoms with Crippen molar-refractivity contribution in [2.75, 3.05) is 13.2 Å². The first-order valence-electron chi connectivity index (χ1n) is 10.1. The van der Waals surface area contributed by atoms with Gasteiger partial charge in [0.15, 0.2) is 0 Å². The predicted molar refractivity (Wildman–Crippen MR) is 115 cm³/mol. The molecule has 0 unspecified atom stereocenters. The third kappa shape index (κ3) is 3.38. The number of carbonyl (C=O) groups is 1. The molecule has 0 saturated carbocycles. The maximum absolute atomic E-state index is 12.9. The van der Waals surface area contributed by atoms with Crippen molar-refractivity contribution in [3.8, 4) is 11.3 Å². The quantitative estimate of drug-likeness (QED) is 0.539. The first kappa shape index (κ1) is 17.9. The lowest BCUT2D eigenvalue weighted by molar-refractivity contribution is 0.0854. The van der Waals surface area contributed by atoms with E-state index in [9.17, 15) is 4.79 Å². The van der Waals surface area contributed by atoms with Gasteiger partial charge in [-0.25, -0.2) is 4.98 Å². The Morgan fingerprint density at radius 3 is 2.79 bits per heavy atom. The number of carbonyl (C=O) groups excluding carboxylic acids is 1. The van der Waals surface area contributed by atoms with Gasteiger partial charge in [0.2, 0.25) is 0 Å². The average molecular weight is 385 g/mol. The van der Waals surface area contributed by atoms with Crippen LogP contribution in [0.25, 0.3) is 33.1 Å². The lowest BCUT2D eigenvalue weighted by Crippen LogP contribution is -2.32. The molecule has 29 heavy (non-hydrogen) atoms. The summed E-state index contributed by atoms with van der Waals surface area (Å²) >= 11 is 0. The van der Waals surface area contributed by atoms with Gasteiger partial charge < -0.3 is 15.0 Å². The number of aryl methyl sites for hydroxylation is 1. The van der Waals surface area contributed by atoms with E-state index in [1.54, 1.807) is 0 Å². The fourth-order valence-electron chi connectivity index (χ4n) is 3.98. The molecule has 1 aliphatic heterocycles. The van der Waals surface area contributed by atoms with E-state index in [0.717, 1.165) is 52.5 Å². The lowest BCUT2D eigenvalue weighted by Gasteiger charge is -2.12. The maximum Gasteiger partial charge on any atom is 0.270 e. The smallest absolute Gasteiger partial charge is 0.270 e. The van der Waals surface area contributed by atoms with Gasteiger partial charge in [0.25, 0.3) is 5.91 Å². The zero-order valence-corrected chi connectivity index (χ0v) is 16.4. The average Bonchev–Trinajstić information content (AvgIpc) is 3.39. The molecule has 1 aliphatic rings. The summed E-state index contributed by atoms with van der Waals surface area (Å²) in [6, 6.07) is 18.3. The van der Waals surface area contributed by atoms with E-state index in [1.165, 1.54) is 5.56 Å². The van der Waals surface area contributed by atoms with Crippen molar-refractivity contribution in [3.63, 3.8) is 0 Å². The van der Waals surface area contributed by atoms with Gasteiger partial charge in [-0.05, 0) is 31.9 Å². The van der Waals surface area contributed by atoms with Crippen LogP contribution in [0.3, 0.4) is 0 Å². The molecule has 0 aliphatic carbocycles. The molecule has 1 atom stereocenters. The third-order valence-corrected chi connectivity index (χ3v) is 5.57. The Morgan fingerprint density at radius 2 is 2.00 bits per heavy atom. The van der Waals surface area contributed by atoms with Crippen LogP contribution in [0.1, 0.15) is 28.9 Å². The minimum atomic E-state index is -0.166. The Bertz CT molecular complexity index is 1190. The van der Waals surface area contributed by atoms with Crippen molar-refractivity contribution < 1.29 is 9.53 Å². The van der Waals surface area contributed by atoms with E-state index >= 15 is 0 Å². The van der Waals surface area contributed by atoms with Crippen LogP contribution < -0.4 is 5.32 Å². The molecule has 0 radical (unpaired) electrons. The minimum absolute atomic E-state index is 0.104. The number of aromatic nitrogens is 2. The first-order chi connectivity index (χ1) is 14.2. The van der Waals surface area contributed by atoms with Crippen molar-refractivity contribution in [1.82, 2.24) is 15.3 Å². The van der Waals surface area contributed by atoms with Gasteiger partial charge in [-0.1, -0.05) is 48.0 Å². The Kier molecular flexibility index (Phi) is 4.52. The summed E-state index contributed by atoms with van der Waals surface area (Å²) < 4.78 is 5.62. The molecular formula is C24H23N3O2. The number of para-hydroxylation sites is 1. The Hall–Kier alpha value is -3.18. The summed E-state index contributed by atoms with van der Waals surface area (Å²) in [4.78, 5) is 21.1. The lowest BCUT2D eigenvalue weighted by atomic mass is 10.0. The molecule has 1 fully saturated rings. The van der Waals surface area contributed by atoms with Gasteiger partial charge >= 0.3 is 0 Å². The molecule has 5 heteroatoms. The third-order valence-electron chi connectivity index (χ3n) is 5.57. The molecular weight excluding hydrogens is 362 g/mol. The van der Waals surface area contributed by atoms with E-state index in [-0.39, 0.29) is 12.0 Å². The van der Waals surface area contributed by atoms with E-state index in [2.05, 4.69) is 47.6 Å². The fraction of sp³-hybridized carbons (Fsp3) is 0.250. The number of fused-ring (bicyclic) bond motifs is 3. The highest BCUT2D eigenvalue weighted by Gasteiger charge is 2.20. The summed E-state index contributed by atoms with van der Waals surface area (Å²) in [5.74, 6) is -0.166. The highest BCUT2D eigenvalue weighted by molar-refractivity contribution is 6.13. The first-order valence-corrected chi connectivity index (χ1v) is 10.1. The van der Waals surface area contributed by atoms with Crippen molar-refractivity contribution >= 4 is 27.7 Å². The van der Waals surface area contributed by atoms with Crippen LogP contribution in [0.2, 0.25) is 0 Å². The number of pyridine rings is 1. The number of aromatic amines is 1. The van der Waals surface area contributed by atoms with Crippen LogP contribution in [0, 0.1) is 6.92 Å². The van der Waals surface area contributed by atoms with Gasteiger partial charge in [0.05, 0.1) is 17.3 Å². The van der Waals surface area contributed by atoms with Crippen LogP contribution in [0.4, 0.5) is 0 Å². The second-order valence-electron chi connectivity index (χ2n) is 7.66. The summed E-state index contributed by atoms with van der Waals surface area (Å²) in [6.45, 7) is 3.36. The molecule has 5 rings (SSSR count). The summed E-state index contributed by atoms with van der Waals surface area (Å²) in [7, 11) is 0. The van der Waals surface area contributed by atoms with Crippen LogP contribution in [0.15, 0.2) is 54.6 Å². The number of hydrogen-bond acceptors (Lipinski definition) is 3. The van der Waals surface area contributed by atoms with E-state index in [0.29, 0.717) is 12.2 Å². The molecule has 146 valence electrons. The molecule has 0 spiro atoms. The van der Waals surface area contributed by atoms with Crippen LogP contribution in [0.5, 0.6) is 0 Å². The second kappa shape index (κ2) is 7.33. The number of amides is 1. The molecule has 3 heterocycles. The summed E-state index contributed by atoms with van der Waals surface area (Å²) in [5.41, 5.74) is 5.38. The van der Waals surface area contributed by atoms with Crippen molar-refractivity contribution in [2.45, 2.75) is 25.9 Å². The zero-order chi connectivity index (χ0) is 19.8. The molecule has 2 N–H and O–H groups in total. The van der Waals surface area contributed by atoms with Gasteiger partial charge in [0.1, 0.15) is 5.69 Å².